The molecular weight excluding hydrogens is 413 g/mol. The van der Waals surface area contributed by atoms with E-state index in [1.807, 2.05) is 5.17 Å². The molecule has 2 saturated carbocycles. The van der Waals surface area contributed by atoms with Gasteiger partial charge < -0.3 is 0 Å². The zero-order chi connectivity index (χ0) is 21.5. The van der Waals surface area contributed by atoms with Crippen LogP contribution in [0.5, 0.6) is 0 Å². The minimum Gasteiger partial charge on any atom is -0.223 e. The van der Waals surface area contributed by atoms with Crippen LogP contribution in [0, 0.1) is 36.5 Å². The third-order valence-electron chi connectivity index (χ3n) is 7.55. The second kappa shape index (κ2) is 9.79. The van der Waals surface area contributed by atoms with E-state index in [1.165, 1.54) is 40.1 Å². The van der Waals surface area contributed by atoms with Crippen molar-refractivity contribution in [3.05, 3.63) is 82.2 Å². The first-order valence-electron chi connectivity index (χ1n) is 12.0. The van der Waals surface area contributed by atoms with Gasteiger partial charge in [-0.25, -0.2) is 18.4 Å². The van der Waals surface area contributed by atoms with Gasteiger partial charge in [-0.05, 0) is 24.7 Å². The molecule has 0 aromatic heterocycles. The van der Waals surface area contributed by atoms with E-state index in [4.69, 9.17) is 0 Å². The molecule has 0 aliphatic heterocycles. The van der Waals surface area contributed by atoms with E-state index >= 15 is 0 Å². The molecule has 32 heavy (non-hydrogen) atoms. The number of fused-ring (bicyclic) bond motifs is 4. The number of benzene rings is 2. The van der Waals surface area contributed by atoms with Crippen LogP contribution in [0.25, 0.3) is 23.3 Å². The third kappa shape index (κ3) is 4.34. The number of hydrogen-bond acceptors (Lipinski definition) is 0. The molecule has 0 N–H and O–H groups in total. The fourth-order valence-electron chi connectivity index (χ4n) is 6.30. The van der Waals surface area contributed by atoms with Crippen molar-refractivity contribution in [1.29, 1.82) is 0 Å². The number of hydrogen-bond donors (Lipinski definition) is 0. The van der Waals surface area contributed by atoms with Crippen LogP contribution < -0.4 is 20.9 Å². The summed E-state index contributed by atoms with van der Waals surface area (Å²) in [6.45, 7) is 9.58. The van der Waals surface area contributed by atoms with E-state index in [0.717, 1.165) is 17.8 Å². The van der Waals surface area contributed by atoms with Crippen LogP contribution in [-0.2, 0) is 0 Å². The predicted molar refractivity (Wildman–Crippen MR) is 143 cm³/mol. The Kier molecular flexibility index (Phi) is 7.24. The summed E-state index contributed by atoms with van der Waals surface area (Å²) in [4.78, 5) is 0. The maximum Gasteiger partial charge on any atom is 2.00 e. The van der Waals surface area contributed by atoms with Gasteiger partial charge in [0, 0.05) is 8.41 Å². The first kappa shape index (κ1) is 23.7. The molecule has 0 amide bonds. The summed E-state index contributed by atoms with van der Waals surface area (Å²) >= 11 is 0. The fourth-order valence-corrected chi connectivity index (χ4v) is 8.27. The number of rotatable bonds is 0. The van der Waals surface area contributed by atoms with E-state index in [0.29, 0.717) is 5.92 Å². The molecule has 6 rings (SSSR count). The monoisotopic (exact) mass is 446 g/mol. The molecule has 4 atom stereocenters. The Hall–Kier alpha value is -1.49. The van der Waals surface area contributed by atoms with Gasteiger partial charge >= 0.3 is 23.1 Å². The molecule has 0 bridgehead atoms. The second-order valence-electron chi connectivity index (χ2n) is 10.0. The van der Waals surface area contributed by atoms with Crippen molar-refractivity contribution >= 4 is 59.9 Å². The Morgan fingerprint density at radius 2 is 1.38 bits per heavy atom. The van der Waals surface area contributed by atoms with Gasteiger partial charge in [0.15, 0.2) is 0 Å². The SMILES string of the molecule is CC1[CH-]C2=c3ccccc3=CCC2C1.CC1[CH-]C2=c3ccccc3=CCC2C1=[Si](C)C.[Mg+2]. The van der Waals surface area contributed by atoms with Crippen LogP contribution in [0.2, 0.25) is 13.1 Å². The first-order chi connectivity index (χ1) is 15.0. The van der Waals surface area contributed by atoms with Crippen LogP contribution in [0.15, 0.2) is 48.5 Å². The average Bonchev–Trinajstić information content (AvgIpc) is 3.33. The van der Waals surface area contributed by atoms with E-state index in [9.17, 15) is 0 Å². The summed E-state index contributed by atoms with van der Waals surface area (Å²) in [7, 11) is -0.287. The van der Waals surface area contributed by atoms with Crippen molar-refractivity contribution in [2.45, 2.75) is 46.2 Å². The molecule has 2 aromatic rings. The van der Waals surface area contributed by atoms with E-state index < -0.39 is 0 Å². The van der Waals surface area contributed by atoms with Crippen LogP contribution in [0.4, 0.5) is 0 Å². The average molecular weight is 447 g/mol. The van der Waals surface area contributed by atoms with E-state index in [-0.39, 0.29) is 31.5 Å². The van der Waals surface area contributed by atoms with Gasteiger partial charge in [-0.2, -0.15) is 16.0 Å². The predicted octanol–water partition coefficient (Wildman–Crippen LogP) is 3.50. The van der Waals surface area contributed by atoms with Crippen molar-refractivity contribution in [1.82, 2.24) is 0 Å². The zero-order valence-corrected chi connectivity index (χ0v) is 22.5. The minimum atomic E-state index is -0.287. The Morgan fingerprint density at radius 1 is 0.781 bits per heavy atom. The molecule has 2 heteroatoms. The quantitative estimate of drug-likeness (QED) is 0.429. The van der Waals surface area contributed by atoms with Gasteiger partial charge in [0.05, 0.1) is 0 Å². The summed E-state index contributed by atoms with van der Waals surface area (Å²) in [5.74, 6) is 3.00. The molecular formula is C30H34MgSi. The molecule has 0 radical (unpaired) electrons. The van der Waals surface area contributed by atoms with Crippen molar-refractivity contribution in [3.8, 4) is 0 Å². The molecule has 4 aliphatic carbocycles. The Morgan fingerprint density at radius 3 is 2.03 bits per heavy atom. The fraction of sp³-hybridized carbons (Fsp3) is 0.367. The molecule has 160 valence electrons. The molecule has 0 nitrogen and oxygen atoms in total. The summed E-state index contributed by atoms with van der Waals surface area (Å²) in [6.07, 6.45) is 13.6. The molecule has 4 unspecified atom stereocenters. The van der Waals surface area contributed by atoms with Crippen molar-refractivity contribution in [3.63, 3.8) is 0 Å². The van der Waals surface area contributed by atoms with Crippen LogP contribution >= 0.6 is 0 Å². The first-order valence-corrected chi connectivity index (χ1v) is 14.5. The van der Waals surface area contributed by atoms with Gasteiger partial charge in [0.2, 0.25) is 0 Å². The molecule has 0 saturated heterocycles. The topological polar surface area (TPSA) is 0 Å². The maximum absolute atomic E-state index is 2.52. The molecule has 0 spiro atoms. The van der Waals surface area contributed by atoms with Gasteiger partial charge in [0.1, 0.15) is 0 Å². The van der Waals surface area contributed by atoms with Gasteiger partial charge in [-0.1, -0.05) is 98.9 Å². The Balaban J connectivity index is 0.000000151. The van der Waals surface area contributed by atoms with Crippen molar-refractivity contribution in [2.75, 3.05) is 0 Å². The molecule has 2 aromatic carbocycles. The van der Waals surface area contributed by atoms with Crippen molar-refractivity contribution < 1.29 is 0 Å². The Bertz CT molecular complexity index is 1280. The summed E-state index contributed by atoms with van der Waals surface area (Å²) in [5.41, 5.74) is 3.22. The summed E-state index contributed by atoms with van der Waals surface area (Å²) in [6, 6.07) is 17.6. The van der Waals surface area contributed by atoms with Gasteiger partial charge in [-0.3, -0.25) is 0 Å². The summed E-state index contributed by atoms with van der Waals surface area (Å²) < 4.78 is 0. The van der Waals surface area contributed by atoms with Crippen LogP contribution in [-0.4, -0.2) is 36.6 Å². The molecule has 4 aliphatic rings. The van der Waals surface area contributed by atoms with Crippen LogP contribution in [0.1, 0.15) is 33.1 Å². The van der Waals surface area contributed by atoms with E-state index in [2.05, 4.69) is 100 Å². The molecule has 2 fully saturated rings. The van der Waals surface area contributed by atoms with Crippen LogP contribution in [0.3, 0.4) is 0 Å². The maximum atomic E-state index is 2.52. The normalized spacial score (nSPS) is 26.3. The minimum absolute atomic E-state index is 0. The standard InChI is InChI=1S/C16H19Si.C14H15.Mg/c1-11-10-15-13-7-5-4-6-12(13)8-9-14(15)16(11)17(2)3;1-10-8-12-7-6-11-4-2-3-5-13(11)14(12)9-10;/h4-8,10-11,14H,9H2,1-3H3;2-6,9-10,12H,7-8H2,1H3;/q2*-1;+2. The van der Waals surface area contributed by atoms with Crippen molar-refractivity contribution in [2.24, 2.45) is 23.7 Å². The summed E-state index contributed by atoms with van der Waals surface area (Å²) in [5, 5.41) is 7.66. The van der Waals surface area contributed by atoms with Gasteiger partial charge in [0.25, 0.3) is 0 Å². The smallest absolute Gasteiger partial charge is 0.223 e. The largest absolute Gasteiger partial charge is 2.00 e. The molecule has 0 heterocycles. The Labute approximate surface area is 211 Å². The van der Waals surface area contributed by atoms with E-state index in [1.54, 1.807) is 11.1 Å². The second-order valence-corrected chi connectivity index (χ2v) is 12.6. The zero-order valence-electron chi connectivity index (χ0n) is 20.1. The third-order valence-corrected chi connectivity index (χ3v) is 9.51. The van der Waals surface area contributed by atoms with Gasteiger partial charge in [-0.15, -0.1) is 22.6 Å².